The van der Waals surface area contributed by atoms with E-state index in [1.54, 1.807) is 6.07 Å². The van der Waals surface area contributed by atoms with Crippen LogP contribution in [0, 0.1) is 32.5 Å². The first-order valence-electron chi connectivity index (χ1n) is 14.5. The van der Waals surface area contributed by atoms with Gasteiger partial charge in [0.05, 0.1) is 0 Å². The van der Waals surface area contributed by atoms with Crippen LogP contribution in [0.1, 0.15) is 108 Å². The minimum absolute atomic E-state index is 0.221. The lowest BCUT2D eigenvalue weighted by atomic mass is 9.91. The quantitative estimate of drug-likeness (QED) is 0.245. The summed E-state index contributed by atoms with van der Waals surface area (Å²) in [6, 6.07) is 12.0. The fraction of sp³-hybridized carbons (Fsp3) is 0.459. The molecule has 0 aliphatic rings. The van der Waals surface area contributed by atoms with Gasteiger partial charge in [-0.3, -0.25) is 0 Å². The van der Waals surface area contributed by atoms with Gasteiger partial charge >= 0.3 is 0 Å². The van der Waals surface area contributed by atoms with Crippen molar-refractivity contribution in [2.75, 3.05) is 0 Å². The maximum Gasteiger partial charge on any atom is 0.130 e. The normalized spacial score (nSPS) is 10.8. The molecule has 0 spiro atoms. The highest BCUT2D eigenvalue weighted by atomic mass is 19.1. The Morgan fingerprint density at radius 3 is 1.95 bits per heavy atom. The van der Waals surface area contributed by atoms with Gasteiger partial charge in [-0.15, -0.1) is 0 Å². The number of halogens is 1. The average molecular weight is 519 g/mol. The lowest BCUT2D eigenvalue weighted by molar-refractivity contribution is 0.411. The van der Waals surface area contributed by atoms with Crippen LogP contribution >= 0.6 is 0 Å². The summed E-state index contributed by atoms with van der Waals surface area (Å²) >= 11 is 0. The van der Waals surface area contributed by atoms with Crippen molar-refractivity contribution in [1.29, 1.82) is 0 Å². The molecule has 0 aromatic heterocycles. The van der Waals surface area contributed by atoms with Crippen LogP contribution in [0.25, 0.3) is 5.57 Å². The van der Waals surface area contributed by atoms with Crippen molar-refractivity contribution < 1.29 is 4.39 Å². The summed E-state index contributed by atoms with van der Waals surface area (Å²) < 4.78 is 13.9. The maximum absolute atomic E-state index is 13.9. The van der Waals surface area contributed by atoms with Crippen molar-refractivity contribution in [3.63, 3.8) is 0 Å². The third-order valence-electron chi connectivity index (χ3n) is 7.04. The Kier molecular flexibility index (Phi) is 18.0. The summed E-state index contributed by atoms with van der Waals surface area (Å²) in [5.41, 5.74) is 9.51. The van der Waals surface area contributed by atoms with Crippen LogP contribution in [0.15, 0.2) is 78.9 Å². The SMILES string of the molecule is C=C(C)C(=C)/C(=C\C)CC(=C)c1c(C)cccc1F.CC.CCCC(CCC)CCc1ccc(C)c(C)c1. The van der Waals surface area contributed by atoms with Crippen LogP contribution in [-0.4, -0.2) is 0 Å². The molecular formula is C37H55F. The van der Waals surface area contributed by atoms with Gasteiger partial charge in [-0.05, 0) is 105 Å². The minimum atomic E-state index is -0.221. The Hall–Kier alpha value is -2.67. The van der Waals surface area contributed by atoms with E-state index in [2.05, 4.69) is 65.6 Å². The first-order valence-corrected chi connectivity index (χ1v) is 14.5. The minimum Gasteiger partial charge on any atom is -0.206 e. The Morgan fingerprint density at radius 1 is 0.868 bits per heavy atom. The lowest BCUT2D eigenvalue weighted by Crippen LogP contribution is -2.02. The van der Waals surface area contributed by atoms with E-state index in [-0.39, 0.29) is 5.82 Å². The molecule has 0 saturated carbocycles. The van der Waals surface area contributed by atoms with Gasteiger partial charge in [0.25, 0.3) is 0 Å². The molecule has 2 rings (SSSR count). The summed E-state index contributed by atoms with van der Waals surface area (Å²) in [4.78, 5) is 0. The second kappa shape index (κ2) is 19.4. The van der Waals surface area contributed by atoms with Crippen molar-refractivity contribution in [3.05, 3.63) is 113 Å². The second-order valence-corrected chi connectivity index (χ2v) is 10.2. The van der Waals surface area contributed by atoms with Crippen LogP contribution in [0.3, 0.4) is 0 Å². The predicted octanol–water partition coefficient (Wildman–Crippen LogP) is 12.1. The molecule has 0 nitrogen and oxygen atoms in total. The van der Waals surface area contributed by atoms with Gasteiger partial charge in [0.15, 0.2) is 0 Å². The summed E-state index contributed by atoms with van der Waals surface area (Å²) in [5.74, 6) is 0.716. The van der Waals surface area contributed by atoms with E-state index in [0.717, 1.165) is 33.8 Å². The molecule has 0 aliphatic heterocycles. The highest BCUT2D eigenvalue weighted by Gasteiger charge is 2.12. The number of hydrogen-bond donors (Lipinski definition) is 0. The average Bonchev–Trinajstić information content (AvgIpc) is 2.89. The number of rotatable bonds is 12. The van der Waals surface area contributed by atoms with Crippen LogP contribution in [-0.2, 0) is 6.42 Å². The van der Waals surface area contributed by atoms with Gasteiger partial charge in [0.2, 0.25) is 0 Å². The number of benzene rings is 2. The Labute approximate surface area is 235 Å². The Bertz CT molecular complexity index is 1020. The topological polar surface area (TPSA) is 0 Å². The summed E-state index contributed by atoms with van der Waals surface area (Å²) in [6.07, 6.45) is 10.7. The molecule has 1 heteroatoms. The van der Waals surface area contributed by atoms with E-state index in [0.29, 0.717) is 12.0 Å². The van der Waals surface area contributed by atoms with Crippen molar-refractivity contribution in [2.24, 2.45) is 5.92 Å². The van der Waals surface area contributed by atoms with E-state index >= 15 is 0 Å². The Morgan fingerprint density at radius 2 is 1.47 bits per heavy atom. The van der Waals surface area contributed by atoms with E-state index in [1.165, 1.54) is 61.3 Å². The largest absolute Gasteiger partial charge is 0.206 e. The zero-order valence-corrected chi connectivity index (χ0v) is 26.1. The lowest BCUT2D eigenvalue weighted by Gasteiger charge is -2.15. The van der Waals surface area contributed by atoms with Gasteiger partial charge in [0, 0.05) is 5.56 Å². The molecule has 0 atom stereocenters. The molecule has 0 fully saturated rings. The third-order valence-corrected chi connectivity index (χ3v) is 7.04. The molecule has 2 aromatic carbocycles. The van der Waals surface area contributed by atoms with Crippen LogP contribution < -0.4 is 0 Å². The number of aryl methyl sites for hydroxylation is 4. The van der Waals surface area contributed by atoms with Crippen LogP contribution in [0.2, 0.25) is 0 Å². The molecule has 0 aliphatic carbocycles. The van der Waals surface area contributed by atoms with E-state index in [9.17, 15) is 4.39 Å². The molecule has 0 saturated heterocycles. The molecule has 0 heterocycles. The van der Waals surface area contributed by atoms with Crippen molar-refractivity contribution in [3.8, 4) is 0 Å². The monoisotopic (exact) mass is 518 g/mol. The van der Waals surface area contributed by atoms with Crippen LogP contribution in [0.5, 0.6) is 0 Å². The molecule has 210 valence electrons. The van der Waals surface area contributed by atoms with Crippen molar-refractivity contribution in [2.45, 2.75) is 107 Å². The Balaban J connectivity index is 0.000000680. The predicted molar refractivity (Wildman–Crippen MR) is 171 cm³/mol. The molecule has 38 heavy (non-hydrogen) atoms. The van der Waals surface area contributed by atoms with Gasteiger partial charge in [0.1, 0.15) is 5.82 Å². The molecule has 0 unspecified atom stereocenters. The summed E-state index contributed by atoms with van der Waals surface area (Å²) in [6.45, 7) is 30.7. The van der Waals surface area contributed by atoms with Gasteiger partial charge in [-0.2, -0.15) is 0 Å². The summed E-state index contributed by atoms with van der Waals surface area (Å²) in [5, 5.41) is 0. The first kappa shape index (κ1) is 35.3. The molecule has 0 N–H and O–H groups in total. The fourth-order valence-electron chi connectivity index (χ4n) is 4.63. The number of allylic oxidation sites excluding steroid dienone is 5. The van der Waals surface area contributed by atoms with Crippen molar-refractivity contribution >= 4 is 5.57 Å². The third kappa shape index (κ3) is 12.2. The first-order chi connectivity index (χ1) is 18.0. The maximum atomic E-state index is 13.9. The zero-order valence-electron chi connectivity index (χ0n) is 26.1. The van der Waals surface area contributed by atoms with E-state index in [1.807, 2.05) is 46.8 Å². The molecule has 2 aromatic rings. The van der Waals surface area contributed by atoms with Crippen LogP contribution in [0.4, 0.5) is 4.39 Å². The smallest absolute Gasteiger partial charge is 0.130 e. The second-order valence-electron chi connectivity index (χ2n) is 10.2. The van der Waals surface area contributed by atoms with Gasteiger partial charge < -0.3 is 0 Å². The van der Waals surface area contributed by atoms with Crippen molar-refractivity contribution in [1.82, 2.24) is 0 Å². The highest BCUT2D eigenvalue weighted by molar-refractivity contribution is 5.70. The molecule has 0 bridgehead atoms. The van der Waals surface area contributed by atoms with Gasteiger partial charge in [-0.25, -0.2) is 4.39 Å². The molecular weight excluding hydrogens is 463 g/mol. The van der Waals surface area contributed by atoms with E-state index in [4.69, 9.17) is 0 Å². The van der Waals surface area contributed by atoms with E-state index < -0.39 is 0 Å². The molecule has 0 radical (unpaired) electrons. The number of hydrogen-bond acceptors (Lipinski definition) is 0. The standard InChI is InChI=1S/C18H21F.C17H28.C2H6/c1-7-16(15(6)12(2)3)11-14(5)18-13(4)9-8-10-17(18)19;1-5-7-16(8-6-2)11-12-17-10-9-14(3)15(4)13-17;1-2/h7-10H,2,5-6,11H2,1,3-4H3;9-10,13,16H,5-8,11-12H2,1-4H3;1-2H3/b16-7-;;. The highest BCUT2D eigenvalue weighted by Crippen LogP contribution is 2.30. The zero-order chi connectivity index (χ0) is 29.3. The summed E-state index contributed by atoms with van der Waals surface area (Å²) in [7, 11) is 0. The molecule has 0 amide bonds. The fourth-order valence-corrected chi connectivity index (χ4v) is 4.63. The van der Waals surface area contributed by atoms with Gasteiger partial charge in [-0.1, -0.05) is 115 Å².